The Morgan fingerprint density at radius 1 is 1.21 bits per heavy atom. The molecule has 0 aliphatic carbocycles. The molecule has 0 aliphatic heterocycles. The number of carboxylic acid groups (broad SMARTS) is 1. The van der Waals surface area contributed by atoms with E-state index in [1.54, 1.807) is 7.05 Å². The summed E-state index contributed by atoms with van der Waals surface area (Å²) in [5.41, 5.74) is 2.17. The third-order valence-electron chi connectivity index (χ3n) is 4.01. The predicted molar refractivity (Wildman–Crippen MR) is 91.2 cm³/mol. The highest BCUT2D eigenvalue weighted by molar-refractivity contribution is 6.03. The second kappa shape index (κ2) is 6.47. The van der Waals surface area contributed by atoms with Crippen molar-refractivity contribution in [2.45, 2.75) is 39.2 Å². The number of aromatic nitrogens is 2. The first-order valence-corrected chi connectivity index (χ1v) is 7.78. The van der Waals surface area contributed by atoms with Crippen LogP contribution in [-0.2, 0) is 12.5 Å². The fourth-order valence-corrected chi connectivity index (χ4v) is 2.48. The lowest BCUT2D eigenvalue weighted by Crippen LogP contribution is -2.30. The van der Waals surface area contributed by atoms with Gasteiger partial charge in [-0.25, -0.2) is 4.79 Å². The summed E-state index contributed by atoms with van der Waals surface area (Å²) in [4.78, 5) is 23.6. The van der Waals surface area contributed by atoms with Crippen LogP contribution in [0.3, 0.4) is 0 Å². The average molecular weight is 329 g/mol. The molecule has 6 heteroatoms. The van der Waals surface area contributed by atoms with E-state index in [2.05, 4.69) is 31.2 Å². The zero-order valence-electron chi connectivity index (χ0n) is 14.6. The number of aromatic carboxylic acids is 1. The highest BCUT2D eigenvalue weighted by Crippen LogP contribution is 2.24. The van der Waals surface area contributed by atoms with Crippen LogP contribution in [0.25, 0.3) is 0 Å². The normalized spacial score (nSPS) is 12.7. The van der Waals surface area contributed by atoms with Crippen LogP contribution in [0.4, 0.5) is 0 Å². The maximum Gasteiger partial charge on any atom is 0.339 e. The van der Waals surface area contributed by atoms with Gasteiger partial charge in [-0.3, -0.25) is 9.48 Å². The molecule has 0 fully saturated rings. The van der Waals surface area contributed by atoms with Crippen LogP contribution in [-0.4, -0.2) is 26.8 Å². The summed E-state index contributed by atoms with van der Waals surface area (Å²) in [6.45, 7) is 8.29. The minimum atomic E-state index is -1.17. The van der Waals surface area contributed by atoms with Gasteiger partial charge in [0.05, 0.1) is 12.2 Å². The van der Waals surface area contributed by atoms with Crippen molar-refractivity contribution >= 4 is 11.9 Å². The Labute approximate surface area is 141 Å². The molecule has 2 rings (SSSR count). The Morgan fingerprint density at radius 2 is 1.79 bits per heavy atom. The zero-order valence-corrected chi connectivity index (χ0v) is 14.6. The second-order valence-corrected chi connectivity index (χ2v) is 6.90. The Hall–Kier alpha value is -2.63. The molecule has 2 aromatic rings. The van der Waals surface area contributed by atoms with Gasteiger partial charge in [-0.2, -0.15) is 5.10 Å². The van der Waals surface area contributed by atoms with Gasteiger partial charge >= 0.3 is 5.97 Å². The van der Waals surface area contributed by atoms with E-state index in [-0.39, 0.29) is 22.7 Å². The molecule has 24 heavy (non-hydrogen) atoms. The van der Waals surface area contributed by atoms with Crippen molar-refractivity contribution in [2.75, 3.05) is 0 Å². The largest absolute Gasteiger partial charge is 0.478 e. The van der Waals surface area contributed by atoms with Gasteiger partial charge in [0, 0.05) is 7.05 Å². The van der Waals surface area contributed by atoms with Crippen LogP contribution in [0.1, 0.15) is 65.7 Å². The number of nitrogens with zero attached hydrogens (tertiary/aromatic N) is 2. The SMILES string of the molecule is C[C@@H](NC(=O)c1c(C(=O)O)cnn1C)c1ccc(C(C)(C)C)cc1. The van der Waals surface area contributed by atoms with Crippen LogP contribution in [0.2, 0.25) is 0 Å². The highest BCUT2D eigenvalue weighted by Gasteiger charge is 2.23. The van der Waals surface area contributed by atoms with Crippen molar-refractivity contribution in [2.24, 2.45) is 7.05 Å². The van der Waals surface area contributed by atoms with Gasteiger partial charge in [0.1, 0.15) is 11.3 Å². The summed E-state index contributed by atoms with van der Waals surface area (Å²) < 4.78 is 1.27. The van der Waals surface area contributed by atoms with Crippen LogP contribution in [0.15, 0.2) is 30.5 Å². The van der Waals surface area contributed by atoms with Gasteiger partial charge in [0.25, 0.3) is 5.91 Å². The average Bonchev–Trinajstić information content (AvgIpc) is 2.88. The van der Waals surface area contributed by atoms with Crippen molar-refractivity contribution in [3.05, 3.63) is 52.8 Å². The Kier molecular flexibility index (Phi) is 4.78. The van der Waals surface area contributed by atoms with Crippen LogP contribution in [0, 0.1) is 0 Å². The molecule has 0 bridgehead atoms. The molecule has 128 valence electrons. The second-order valence-electron chi connectivity index (χ2n) is 6.90. The molecule has 0 unspecified atom stereocenters. The van der Waals surface area contributed by atoms with Crippen molar-refractivity contribution in [1.29, 1.82) is 0 Å². The molecule has 0 saturated heterocycles. The van der Waals surface area contributed by atoms with E-state index in [1.165, 1.54) is 16.4 Å². The van der Waals surface area contributed by atoms with Gasteiger partial charge < -0.3 is 10.4 Å². The fourth-order valence-electron chi connectivity index (χ4n) is 2.48. The molecule has 0 radical (unpaired) electrons. The molecule has 2 N–H and O–H groups in total. The van der Waals surface area contributed by atoms with E-state index in [0.717, 1.165) is 5.56 Å². The molecule has 1 amide bonds. The van der Waals surface area contributed by atoms with E-state index in [1.807, 2.05) is 31.2 Å². The quantitative estimate of drug-likeness (QED) is 0.903. The lowest BCUT2D eigenvalue weighted by Gasteiger charge is -2.20. The lowest BCUT2D eigenvalue weighted by atomic mass is 9.86. The van der Waals surface area contributed by atoms with Crippen LogP contribution in [0.5, 0.6) is 0 Å². The van der Waals surface area contributed by atoms with Gasteiger partial charge in [-0.1, -0.05) is 45.0 Å². The van der Waals surface area contributed by atoms with Crippen molar-refractivity contribution in [1.82, 2.24) is 15.1 Å². The van der Waals surface area contributed by atoms with E-state index in [0.29, 0.717) is 0 Å². The maximum atomic E-state index is 12.4. The molecule has 1 atom stereocenters. The molecular formula is C18H23N3O3. The van der Waals surface area contributed by atoms with Crippen molar-refractivity contribution in [3.63, 3.8) is 0 Å². The highest BCUT2D eigenvalue weighted by atomic mass is 16.4. The summed E-state index contributed by atoms with van der Waals surface area (Å²) in [7, 11) is 1.55. The number of rotatable bonds is 4. The maximum absolute atomic E-state index is 12.4. The van der Waals surface area contributed by atoms with Crippen LogP contribution < -0.4 is 5.32 Å². The summed E-state index contributed by atoms with van der Waals surface area (Å²) >= 11 is 0. The first kappa shape index (κ1) is 17.7. The number of carbonyl (C=O) groups excluding carboxylic acids is 1. The molecule has 1 aromatic carbocycles. The van der Waals surface area contributed by atoms with Crippen LogP contribution >= 0.6 is 0 Å². The number of nitrogens with one attached hydrogen (secondary N) is 1. The van der Waals surface area contributed by atoms with Crippen molar-refractivity contribution < 1.29 is 14.7 Å². The van der Waals surface area contributed by atoms with Crippen molar-refractivity contribution in [3.8, 4) is 0 Å². The van der Waals surface area contributed by atoms with Gasteiger partial charge in [0.2, 0.25) is 0 Å². The summed E-state index contributed by atoms with van der Waals surface area (Å²) in [5.74, 6) is -1.63. The molecule has 6 nitrogen and oxygen atoms in total. The molecule has 0 aliphatic rings. The number of benzene rings is 1. The molecule has 1 heterocycles. The third-order valence-corrected chi connectivity index (χ3v) is 4.01. The summed E-state index contributed by atoms with van der Waals surface area (Å²) in [6, 6.07) is 7.80. The number of hydrogen-bond donors (Lipinski definition) is 2. The lowest BCUT2D eigenvalue weighted by molar-refractivity contribution is 0.0690. The number of amides is 1. The minimum absolute atomic E-state index is 0.0423. The van der Waals surface area contributed by atoms with Gasteiger partial charge in [-0.05, 0) is 23.5 Å². The fraction of sp³-hybridized carbons (Fsp3) is 0.389. The third kappa shape index (κ3) is 3.64. The first-order valence-electron chi connectivity index (χ1n) is 7.78. The summed E-state index contributed by atoms with van der Waals surface area (Å²) in [6.07, 6.45) is 1.18. The van der Waals surface area contributed by atoms with E-state index >= 15 is 0 Å². The minimum Gasteiger partial charge on any atom is -0.478 e. The van der Waals surface area contributed by atoms with E-state index < -0.39 is 11.9 Å². The van der Waals surface area contributed by atoms with E-state index in [4.69, 9.17) is 5.11 Å². The van der Waals surface area contributed by atoms with Gasteiger partial charge in [-0.15, -0.1) is 0 Å². The zero-order chi connectivity index (χ0) is 18.1. The standard InChI is InChI=1S/C18H23N3O3/c1-11(12-6-8-13(9-7-12)18(2,3)4)20-16(22)15-14(17(23)24)10-19-21(15)5/h6-11H,1-5H3,(H,20,22)(H,23,24)/t11-/m1/s1. The molecular weight excluding hydrogens is 306 g/mol. The Bertz CT molecular complexity index is 755. The number of carboxylic acids is 1. The Morgan fingerprint density at radius 3 is 2.29 bits per heavy atom. The summed E-state index contributed by atoms with van der Waals surface area (Å²) in [5, 5.41) is 15.8. The van der Waals surface area contributed by atoms with Gasteiger partial charge in [0.15, 0.2) is 0 Å². The topological polar surface area (TPSA) is 84.2 Å². The molecule has 1 aromatic heterocycles. The smallest absolute Gasteiger partial charge is 0.339 e. The molecule has 0 spiro atoms. The molecule has 0 saturated carbocycles. The Balaban J connectivity index is 2.18. The monoisotopic (exact) mass is 329 g/mol. The predicted octanol–water partition coefficient (Wildman–Crippen LogP) is 2.91. The first-order chi connectivity index (χ1) is 11.1. The van der Waals surface area contributed by atoms with E-state index in [9.17, 15) is 9.59 Å². The number of hydrogen-bond acceptors (Lipinski definition) is 3. The number of aryl methyl sites for hydroxylation is 1. The number of carbonyl (C=O) groups is 2.